The first-order chi connectivity index (χ1) is 9.19. The van der Waals surface area contributed by atoms with Gasteiger partial charge < -0.3 is 5.32 Å². The smallest absolute Gasteiger partial charge is 0.227 e. The molecule has 0 aliphatic heterocycles. The van der Waals surface area contributed by atoms with Crippen molar-refractivity contribution in [2.45, 2.75) is 46.0 Å². The number of nitrogens with one attached hydrogen (secondary N) is 1. The maximum absolute atomic E-state index is 12.2. The van der Waals surface area contributed by atoms with Gasteiger partial charge >= 0.3 is 0 Å². The molecule has 1 aromatic rings. The molecule has 2 atom stereocenters. The Bertz CT molecular complexity index is 361. The van der Waals surface area contributed by atoms with Crippen molar-refractivity contribution in [3.05, 3.63) is 42.3 Å². The second-order valence-electron chi connectivity index (χ2n) is 5.21. The molecule has 1 amide bonds. The Kier molecular flexibility index (Phi) is 7.24. The lowest BCUT2D eigenvalue weighted by molar-refractivity contribution is -0.122. The van der Waals surface area contributed by atoms with Crippen LogP contribution in [-0.2, 0) is 4.79 Å². The van der Waals surface area contributed by atoms with Crippen LogP contribution in [0.15, 0.2) is 30.3 Å². The fourth-order valence-electron chi connectivity index (χ4n) is 2.21. The van der Waals surface area contributed by atoms with E-state index in [4.69, 9.17) is 0 Å². The van der Waals surface area contributed by atoms with Crippen LogP contribution in [0.2, 0.25) is 0 Å². The summed E-state index contributed by atoms with van der Waals surface area (Å²) in [5.74, 6) is 0.667. The fourth-order valence-corrected chi connectivity index (χ4v) is 2.21. The molecule has 0 spiro atoms. The monoisotopic (exact) mass is 260 g/mol. The first kappa shape index (κ1) is 15.7. The molecule has 0 fully saturated rings. The zero-order valence-electron chi connectivity index (χ0n) is 12.4. The Labute approximate surface area is 117 Å². The van der Waals surface area contributed by atoms with Crippen molar-refractivity contribution < 1.29 is 4.79 Å². The molecular formula is C17H26NO. The lowest BCUT2D eigenvalue weighted by Crippen LogP contribution is -2.32. The summed E-state index contributed by atoms with van der Waals surface area (Å²) >= 11 is 0. The number of hydrogen-bond acceptors (Lipinski definition) is 1. The van der Waals surface area contributed by atoms with Crippen LogP contribution in [0.1, 0.15) is 51.5 Å². The molecule has 19 heavy (non-hydrogen) atoms. The van der Waals surface area contributed by atoms with E-state index in [1.165, 1.54) is 0 Å². The molecule has 0 aliphatic carbocycles. The quantitative estimate of drug-likeness (QED) is 0.753. The van der Waals surface area contributed by atoms with Gasteiger partial charge in [0.05, 0.1) is 5.92 Å². The summed E-state index contributed by atoms with van der Waals surface area (Å²) in [7, 11) is 0. The molecule has 1 radical (unpaired) electrons. The van der Waals surface area contributed by atoms with Gasteiger partial charge in [-0.3, -0.25) is 4.79 Å². The fraction of sp³-hybridized carbons (Fsp3) is 0.529. The second-order valence-corrected chi connectivity index (χ2v) is 5.21. The molecule has 2 heteroatoms. The van der Waals surface area contributed by atoms with Crippen molar-refractivity contribution in [1.82, 2.24) is 5.32 Å². The lowest BCUT2D eigenvalue weighted by atomic mass is 9.95. The predicted octanol–water partition coefficient (Wildman–Crippen LogP) is 3.94. The van der Waals surface area contributed by atoms with Crippen LogP contribution in [0.25, 0.3) is 0 Å². The first-order valence-electron chi connectivity index (χ1n) is 7.29. The minimum Gasteiger partial charge on any atom is -0.355 e. The zero-order valence-corrected chi connectivity index (χ0v) is 12.4. The van der Waals surface area contributed by atoms with E-state index in [0.29, 0.717) is 5.92 Å². The van der Waals surface area contributed by atoms with Gasteiger partial charge in [0, 0.05) is 6.54 Å². The zero-order chi connectivity index (χ0) is 14.1. The topological polar surface area (TPSA) is 29.1 Å². The second kappa shape index (κ2) is 8.73. The summed E-state index contributed by atoms with van der Waals surface area (Å²) < 4.78 is 0. The Morgan fingerprint density at radius 3 is 2.58 bits per heavy atom. The van der Waals surface area contributed by atoms with Gasteiger partial charge in [0.2, 0.25) is 5.91 Å². The molecule has 2 unspecified atom stereocenters. The van der Waals surface area contributed by atoms with Crippen LogP contribution in [0.5, 0.6) is 0 Å². The van der Waals surface area contributed by atoms with Crippen molar-refractivity contribution in [1.29, 1.82) is 0 Å². The molecule has 0 aliphatic rings. The van der Waals surface area contributed by atoms with Gasteiger partial charge in [-0.25, -0.2) is 0 Å². The van der Waals surface area contributed by atoms with E-state index >= 15 is 0 Å². The molecule has 0 saturated carbocycles. The van der Waals surface area contributed by atoms with Crippen LogP contribution in [-0.4, -0.2) is 12.5 Å². The van der Waals surface area contributed by atoms with Gasteiger partial charge in [0.15, 0.2) is 0 Å². The van der Waals surface area contributed by atoms with Crippen molar-refractivity contribution >= 4 is 5.91 Å². The van der Waals surface area contributed by atoms with Crippen molar-refractivity contribution in [2.75, 3.05) is 6.54 Å². The highest BCUT2D eigenvalue weighted by Crippen LogP contribution is 2.19. The van der Waals surface area contributed by atoms with Gasteiger partial charge in [0.25, 0.3) is 0 Å². The number of benzene rings is 1. The average Bonchev–Trinajstić information content (AvgIpc) is 2.45. The summed E-state index contributed by atoms with van der Waals surface area (Å²) in [6.07, 6.45) is 5.27. The number of carbonyl (C=O) groups is 1. The molecule has 1 rings (SSSR count). The number of amides is 1. The Balaban J connectivity index is 2.47. The number of carbonyl (C=O) groups excluding carboxylic acids is 1. The third-order valence-corrected chi connectivity index (χ3v) is 3.50. The summed E-state index contributed by atoms with van der Waals surface area (Å²) in [6, 6.07) is 10.0. The van der Waals surface area contributed by atoms with E-state index in [1.807, 2.05) is 30.3 Å². The van der Waals surface area contributed by atoms with Crippen molar-refractivity contribution in [3.63, 3.8) is 0 Å². The molecule has 1 aromatic carbocycles. The van der Waals surface area contributed by atoms with E-state index in [2.05, 4.69) is 32.5 Å². The van der Waals surface area contributed by atoms with E-state index in [1.54, 1.807) is 0 Å². The van der Waals surface area contributed by atoms with Crippen LogP contribution >= 0.6 is 0 Å². The number of unbranched alkanes of at least 4 members (excludes halogenated alkanes) is 1. The molecule has 2 nitrogen and oxygen atoms in total. The molecular weight excluding hydrogens is 234 g/mol. The third-order valence-electron chi connectivity index (χ3n) is 3.50. The van der Waals surface area contributed by atoms with Gasteiger partial charge in [0.1, 0.15) is 0 Å². The summed E-state index contributed by atoms with van der Waals surface area (Å²) in [6.45, 7) is 7.10. The summed E-state index contributed by atoms with van der Waals surface area (Å²) in [4.78, 5) is 12.2. The molecule has 1 N–H and O–H groups in total. The Morgan fingerprint density at radius 1 is 1.32 bits per heavy atom. The van der Waals surface area contributed by atoms with Crippen LogP contribution in [0.3, 0.4) is 0 Å². The van der Waals surface area contributed by atoms with Crippen LogP contribution < -0.4 is 5.32 Å². The standard InChI is InChI=1S/C17H26NO/c1-4-6-10-14(3)13-18-17(19)16(5-2)15-11-8-7-9-12-15/h4,7-9,11-12,14,16H,5-6,10,13H2,1-3H3,(H,18,19). The van der Waals surface area contributed by atoms with Crippen molar-refractivity contribution in [2.24, 2.45) is 5.92 Å². The lowest BCUT2D eigenvalue weighted by Gasteiger charge is -2.17. The first-order valence-corrected chi connectivity index (χ1v) is 7.29. The van der Waals surface area contributed by atoms with Gasteiger partial charge in [-0.15, -0.1) is 0 Å². The maximum atomic E-state index is 12.2. The summed E-state index contributed by atoms with van der Waals surface area (Å²) in [5.41, 5.74) is 1.11. The van der Waals surface area contributed by atoms with Crippen LogP contribution in [0.4, 0.5) is 0 Å². The molecule has 0 heterocycles. The highest BCUT2D eigenvalue weighted by molar-refractivity contribution is 5.83. The highest BCUT2D eigenvalue weighted by atomic mass is 16.1. The third kappa shape index (κ3) is 5.46. The normalized spacial score (nSPS) is 13.8. The van der Waals surface area contributed by atoms with E-state index in [-0.39, 0.29) is 11.8 Å². The Hall–Kier alpha value is -1.31. The minimum absolute atomic E-state index is 0.0221. The maximum Gasteiger partial charge on any atom is 0.227 e. The largest absolute Gasteiger partial charge is 0.355 e. The van der Waals surface area contributed by atoms with E-state index < -0.39 is 0 Å². The number of hydrogen-bond donors (Lipinski definition) is 1. The molecule has 0 aromatic heterocycles. The molecule has 105 valence electrons. The predicted molar refractivity (Wildman–Crippen MR) is 80.9 cm³/mol. The minimum atomic E-state index is -0.0221. The van der Waals surface area contributed by atoms with E-state index in [0.717, 1.165) is 31.4 Å². The summed E-state index contributed by atoms with van der Waals surface area (Å²) in [5, 5.41) is 3.09. The molecule has 0 saturated heterocycles. The van der Waals surface area contributed by atoms with Crippen LogP contribution in [0, 0.1) is 12.3 Å². The van der Waals surface area contributed by atoms with Crippen molar-refractivity contribution in [3.8, 4) is 0 Å². The average molecular weight is 260 g/mol. The Morgan fingerprint density at radius 2 is 2.00 bits per heavy atom. The van der Waals surface area contributed by atoms with E-state index in [9.17, 15) is 4.79 Å². The highest BCUT2D eigenvalue weighted by Gasteiger charge is 2.18. The SMILES string of the molecule is C[CH]CCC(C)CNC(=O)C(CC)c1ccccc1. The van der Waals surface area contributed by atoms with Gasteiger partial charge in [-0.2, -0.15) is 0 Å². The van der Waals surface area contributed by atoms with Gasteiger partial charge in [-0.05, 0) is 30.7 Å². The molecule has 0 bridgehead atoms. The number of rotatable bonds is 8. The van der Waals surface area contributed by atoms with Gasteiger partial charge in [-0.1, -0.05) is 57.5 Å².